The number of hydrogen-bond acceptors (Lipinski definition) is 12. The molecular formula is C15H23N6O9P. The van der Waals surface area contributed by atoms with Gasteiger partial charge in [0.05, 0.1) is 19.5 Å². The third-order valence-electron chi connectivity index (χ3n) is 4.58. The van der Waals surface area contributed by atoms with Gasteiger partial charge in [-0.15, -0.1) is 0 Å². The SMILES string of the molecule is Nc1ncnc2c1ncn2[C@@H]1O[C@H](COP(=O)(O)OC[C@@H](N)CCC(=O)O)[C@@H](O)[C@H]1O. The molecule has 3 heterocycles. The topological polar surface area (TPSA) is 238 Å². The lowest BCUT2D eigenvalue weighted by Gasteiger charge is -2.19. The van der Waals surface area contributed by atoms with E-state index in [1.807, 2.05) is 0 Å². The highest BCUT2D eigenvalue weighted by Gasteiger charge is 2.45. The van der Waals surface area contributed by atoms with Gasteiger partial charge in [-0.2, -0.15) is 0 Å². The van der Waals surface area contributed by atoms with Gasteiger partial charge in [0.1, 0.15) is 30.2 Å². The molecule has 0 saturated carbocycles. The Balaban J connectivity index is 1.58. The van der Waals surface area contributed by atoms with Crippen LogP contribution in [0.5, 0.6) is 0 Å². The van der Waals surface area contributed by atoms with Crippen LogP contribution in [0.4, 0.5) is 5.82 Å². The number of aliphatic hydroxyl groups excluding tert-OH is 2. The van der Waals surface area contributed by atoms with E-state index >= 15 is 0 Å². The van der Waals surface area contributed by atoms with Gasteiger partial charge in [-0.3, -0.25) is 18.4 Å². The van der Waals surface area contributed by atoms with Crippen molar-refractivity contribution in [2.45, 2.75) is 43.4 Å². The highest BCUT2D eigenvalue weighted by Crippen LogP contribution is 2.44. The third-order valence-corrected chi connectivity index (χ3v) is 5.53. The number of carboxylic acids is 1. The van der Waals surface area contributed by atoms with Crippen molar-refractivity contribution in [3.63, 3.8) is 0 Å². The summed E-state index contributed by atoms with van der Waals surface area (Å²) in [5, 5.41) is 29.2. The predicted octanol–water partition coefficient (Wildman–Crippen LogP) is -1.65. The van der Waals surface area contributed by atoms with Crippen LogP contribution in [-0.2, 0) is 23.1 Å². The number of nitrogens with zero attached hydrogens (tertiary/aromatic N) is 4. The Morgan fingerprint density at radius 2 is 2.03 bits per heavy atom. The van der Waals surface area contributed by atoms with E-state index < -0.39 is 57.6 Å². The van der Waals surface area contributed by atoms with Crippen molar-refractivity contribution in [1.82, 2.24) is 19.5 Å². The summed E-state index contributed by atoms with van der Waals surface area (Å²) >= 11 is 0. The van der Waals surface area contributed by atoms with Crippen molar-refractivity contribution in [3.05, 3.63) is 12.7 Å². The number of phosphoric ester groups is 1. The third kappa shape index (κ3) is 5.53. The number of phosphoric acid groups is 1. The Bertz CT molecular complexity index is 974. The van der Waals surface area contributed by atoms with Gasteiger partial charge >= 0.3 is 13.8 Å². The number of aliphatic hydroxyl groups is 2. The summed E-state index contributed by atoms with van der Waals surface area (Å²) in [4.78, 5) is 32.2. The van der Waals surface area contributed by atoms with Gasteiger partial charge in [-0.1, -0.05) is 0 Å². The molecule has 0 amide bonds. The molecule has 1 aliphatic rings. The molecule has 31 heavy (non-hydrogen) atoms. The average molecular weight is 462 g/mol. The highest BCUT2D eigenvalue weighted by atomic mass is 31.2. The van der Waals surface area contributed by atoms with Crippen LogP contribution in [-0.4, -0.2) is 83.3 Å². The number of nitrogen functional groups attached to an aromatic ring is 1. The van der Waals surface area contributed by atoms with Crippen LogP contribution in [0.1, 0.15) is 19.1 Å². The van der Waals surface area contributed by atoms with Gasteiger partial charge in [-0.05, 0) is 6.42 Å². The molecule has 0 aromatic carbocycles. The van der Waals surface area contributed by atoms with Crippen LogP contribution in [0, 0.1) is 0 Å². The Hall–Kier alpha value is -2.23. The van der Waals surface area contributed by atoms with Crippen molar-refractivity contribution in [2.75, 3.05) is 18.9 Å². The zero-order valence-electron chi connectivity index (χ0n) is 16.1. The summed E-state index contributed by atoms with van der Waals surface area (Å²) in [6.07, 6.45) is -2.85. The maximum absolute atomic E-state index is 12.0. The fraction of sp³-hybridized carbons (Fsp3) is 0.600. The molecule has 2 aromatic rings. The lowest BCUT2D eigenvalue weighted by Crippen LogP contribution is -2.33. The molecule has 15 nitrogen and oxygen atoms in total. The Morgan fingerprint density at radius 3 is 2.74 bits per heavy atom. The molecule has 0 spiro atoms. The number of aromatic nitrogens is 4. The van der Waals surface area contributed by atoms with Crippen molar-refractivity contribution < 1.29 is 43.4 Å². The number of anilines is 1. The molecule has 1 unspecified atom stereocenters. The molecule has 0 bridgehead atoms. The maximum Gasteiger partial charge on any atom is 0.472 e. The number of carbonyl (C=O) groups is 1. The number of fused-ring (bicyclic) bond motifs is 1. The molecule has 1 aliphatic heterocycles. The van der Waals surface area contributed by atoms with Crippen LogP contribution in [0.15, 0.2) is 12.7 Å². The van der Waals surface area contributed by atoms with Gasteiger partial charge in [0.2, 0.25) is 0 Å². The van der Waals surface area contributed by atoms with Gasteiger partial charge in [-0.25, -0.2) is 19.5 Å². The first-order valence-corrected chi connectivity index (χ1v) is 10.6. The summed E-state index contributed by atoms with van der Waals surface area (Å²) in [6, 6.07) is -0.788. The molecule has 1 saturated heterocycles. The molecule has 8 N–H and O–H groups in total. The Kier molecular flexibility index (Phi) is 7.18. The number of carboxylic acid groups (broad SMARTS) is 1. The van der Waals surface area contributed by atoms with Crippen LogP contribution in [0.2, 0.25) is 0 Å². The summed E-state index contributed by atoms with van der Waals surface area (Å²) < 4.78 is 28.5. The Labute approximate surface area is 175 Å². The van der Waals surface area contributed by atoms with Crippen molar-refractivity contribution in [2.24, 2.45) is 5.73 Å². The van der Waals surface area contributed by atoms with E-state index in [1.54, 1.807) is 0 Å². The van der Waals surface area contributed by atoms with E-state index in [1.165, 1.54) is 17.2 Å². The fourth-order valence-corrected chi connectivity index (χ4v) is 3.73. The van der Waals surface area contributed by atoms with Gasteiger partial charge in [0.15, 0.2) is 17.7 Å². The zero-order valence-corrected chi connectivity index (χ0v) is 17.0. The van der Waals surface area contributed by atoms with Crippen LogP contribution >= 0.6 is 7.82 Å². The van der Waals surface area contributed by atoms with E-state index in [0.717, 1.165) is 0 Å². The summed E-state index contributed by atoms with van der Waals surface area (Å²) in [5.74, 6) is -0.934. The second-order valence-electron chi connectivity index (χ2n) is 6.88. The van der Waals surface area contributed by atoms with E-state index in [9.17, 15) is 24.5 Å². The quantitative estimate of drug-likeness (QED) is 0.217. The normalized spacial score (nSPS) is 26.7. The van der Waals surface area contributed by atoms with Crippen LogP contribution in [0.3, 0.4) is 0 Å². The van der Waals surface area contributed by atoms with Crippen LogP contribution in [0.25, 0.3) is 11.2 Å². The lowest BCUT2D eigenvalue weighted by atomic mass is 10.1. The minimum Gasteiger partial charge on any atom is -0.481 e. The molecule has 172 valence electrons. The molecule has 3 rings (SSSR count). The number of ether oxygens (including phenoxy) is 1. The minimum atomic E-state index is -4.57. The maximum atomic E-state index is 12.0. The second-order valence-corrected chi connectivity index (χ2v) is 8.34. The predicted molar refractivity (Wildman–Crippen MR) is 102 cm³/mol. The fourth-order valence-electron chi connectivity index (χ4n) is 2.94. The average Bonchev–Trinajstić information content (AvgIpc) is 3.26. The first-order valence-electron chi connectivity index (χ1n) is 9.13. The zero-order chi connectivity index (χ0) is 22.8. The number of nitrogens with two attached hydrogens (primary N) is 2. The van der Waals surface area contributed by atoms with Gasteiger partial charge < -0.3 is 36.4 Å². The smallest absolute Gasteiger partial charge is 0.472 e. The van der Waals surface area contributed by atoms with E-state index in [4.69, 9.17) is 30.4 Å². The lowest BCUT2D eigenvalue weighted by molar-refractivity contribution is -0.137. The highest BCUT2D eigenvalue weighted by molar-refractivity contribution is 7.47. The van der Waals surface area contributed by atoms with Crippen molar-refractivity contribution in [1.29, 1.82) is 0 Å². The van der Waals surface area contributed by atoms with Gasteiger partial charge in [0.25, 0.3) is 0 Å². The largest absolute Gasteiger partial charge is 0.481 e. The summed E-state index contributed by atoms with van der Waals surface area (Å²) in [6.45, 7) is -1.00. The number of rotatable bonds is 10. The van der Waals surface area contributed by atoms with E-state index in [2.05, 4.69) is 15.0 Å². The first kappa shape index (κ1) is 23.4. The number of hydrogen-bond donors (Lipinski definition) is 6. The van der Waals surface area contributed by atoms with Crippen molar-refractivity contribution >= 4 is 30.8 Å². The number of aliphatic carboxylic acids is 1. The standard InChI is InChI=1S/C15H23N6O9P/c16-7(1-2-9(22)23)3-28-31(26,27)29-4-8-11(24)12(25)15(30-8)21-6-20-10-13(17)18-5-19-14(10)21/h5-8,11-12,15,24-25H,1-4,16H2,(H,22,23)(H,26,27)(H2,17,18,19)/t7-,8+,11+,12+,15+/m0/s1. The molecule has 1 fully saturated rings. The second kappa shape index (κ2) is 9.50. The van der Waals surface area contributed by atoms with E-state index in [0.29, 0.717) is 0 Å². The summed E-state index contributed by atoms with van der Waals surface area (Å²) in [7, 11) is -4.57. The monoisotopic (exact) mass is 462 g/mol. The molecular weight excluding hydrogens is 439 g/mol. The number of imidazole rings is 1. The first-order chi connectivity index (χ1) is 14.6. The van der Waals surface area contributed by atoms with E-state index in [-0.39, 0.29) is 29.8 Å². The van der Waals surface area contributed by atoms with Crippen LogP contribution < -0.4 is 11.5 Å². The van der Waals surface area contributed by atoms with Gasteiger partial charge in [0, 0.05) is 12.5 Å². The Morgan fingerprint density at radius 1 is 1.29 bits per heavy atom. The summed E-state index contributed by atoms with van der Waals surface area (Å²) in [5.41, 5.74) is 11.9. The molecule has 0 radical (unpaired) electrons. The molecule has 16 heteroatoms. The minimum absolute atomic E-state index is 0.0422. The molecule has 0 aliphatic carbocycles. The molecule has 6 atom stereocenters. The molecule has 2 aromatic heterocycles. The van der Waals surface area contributed by atoms with Crippen molar-refractivity contribution in [3.8, 4) is 0 Å².